The third-order valence-corrected chi connectivity index (χ3v) is 2.29. The van der Waals surface area contributed by atoms with E-state index in [1.807, 2.05) is 38.1 Å². The number of benzene rings is 1. The molecule has 0 saturated heterocycles. The zero-order valence-electron chi connectivity index (χ0n) is 9.00. The van der Waals surface area contributed by atoms with Crippen LogP contribution in [0.25, 0.3) is 0 Å². The van der Waals surface area contributed by atoms with Crippen LogP contribution < -0.4 is 0 Å². The summed E-state index contributed by atoms with van der Waals surface area (Å²) < 4.78 is 5.03. The molecule has 0 bridgehead atoms. The molecule has 0 aliphatic rings. The van der Waals surface area contributed by atoms with Gasteiger partial charge in [0.15, 0.2) is 0 Å². The SMILES string of the molecule is CC(C)OC(=O)CCc1ccccc1Cl. The molecule has 82 valence electrons. The van der Waals surface area contributed by atoms with Gasteiger partial charge in [-0.25, -0.2) is 0 Å². The number of hydrogen-bond acceptors (Lipinski definition) is 2. The summed E-state index contributed by atoms with van der Waals surface area (Å²) in [5, 5.41) is 0.704. The Bertz CT molecular complexity index is 334. The van der Waals surface area contributed by atoms with Crippen molar-refractivity contribution >= 4 is 17.6 Å². The fraction of sp³-hybridized carbons (Fsp3) is 0.417. The lowest BCUT2D eigenvalue weighted by Crippen LogP contribution is -2.11. The summed E-state index contributed by atoms with van der Waals surface area (Å²) >= 11 is 5.96. The predicted molar refractivity (Wildman–Crippen MR) is 61.0 cm³/mol. The molecular formula is C12H15ClO2. The van der Waals surface area contributed by atoms with Gasteiger partial charge in [0, 0.05) is 11.4 Å². The average Bonchev–Trinajstić information content (AvgIpc) is 2.15. The lowest BCUT2D eigenvalue weighted by atomic mass is 10.1. The zero-order chi connectivity index (χ0) is 11.3. The molecule has 0 unspecified atom stereocenters. The third-order valence-electron chi connectivity index (χ3n) is 1.92. The molecule has 0 saturated carbocycles. The molecule has 0 atom stereocenters. The number of ether oxygens (including phenoxy) is 1. The maximum absolute atomic E-state index is 11.3. The molecule has 15 heavy (non-hydrogen) atoms. The van der Waals surface area contributed by atoms with Crippen molar-refractivity contribution in [1.82, 2.24) is 0 Å². The minimum atomic E-state index is -0.176. The minimum absolute atomic E-state index is 0.0521. The Labute approximate surface area is 95.2 Å². The molecule has 0 aliphatic carbocycles. The molecule has 1 aromatic rings. The molecule has 0 fully saturated rings. The van der Waals surface area contributed by atoms with Gasteiger partial charge in [0.05, 0.1) is 6.10 Å². The van der Waals surface area contributed by atoms with Gasteiger partial charge in [-0.15, -0.1) is 0 Å². The lowest BCUT2D eigenvalue weighted by Gasteiger charge is -2.08. The summed E-state index contributed by atoms with van der Waals surface area (Å²) in [7, 11) is 0. The molecular weight excluding hydrogens is 212 g/mol. The van der Waals surface area contributed by atoms with Crippen molar-refractivity contribution in [1.29, 1.82) is 0 Å². The van der Waals surface area contributed by atoms with E-state index in [2.05, 4.69) is 0 Å². The summed E-state index contributed by atoms with van der Waals surface area (Å²) in [6, 6.07) is 7.53. The highest BCUT2D eigenvalue weighted by atomic mass is 35.5. The maximum atomic E-state index is 11.3. The van der Waals surface area contributed by atoms with Crippen LogP contribution in [0.15, 0.2) is 24.3 Å². The van der Waals surface area contributed by atoms with E-state index < -0.39 is 0 Å². The fourth-order valence-electron chi connectivity index (χ4n) is 1.26. The lowest BCUT2D eigenvalue weighted by molar-refractivity contribution is -0.147. The third kappa shape index (κ3) is 4.34. The van der Waals surface area contributed by atoms with E-state index >= 15 is 0 Å². The molecule has 0 N–H and O–H groups in total. The monoisotopic (exact) mass is 226 g/mol. The van der Waals surface area contributed by atoms with Gasteiger partial charge in [-0.05, 0) is 31.9 Å². The van der Waals surface area contributed by atoms with Gasteiger partial charge >= 0.3 is 5.97 Å². The first-order valence-corrected chi connectivity index (χ1v) is 5.40. The topological polar surface area (TPSA) is 26.3 Å². The fourth-order valence-corrected chi connectivity index (χ4v) is 1.49. The Morgan fingerprint density at radius 3 is 2.67 bits per heavy atom. The molecule has 0 aromatic heterocycles. The standard InChI is InChI=1S/C12H15ClO2/c1-9(2)15-12(14)8-7-10-5-3-4-6-11(10)13/h3-6,9H,7-8H2,1-2H3. The smallest absolute Gasteiger partial charge is 0.306 e. The largest absolute Gasteiger partial charge is 0.463 e. The van der Waals surface area contributed by atoms with E-state index in [4.69, 9.17) is 16.3 Å². The van der Waals surface area contributed by atoms with Crippen LogP contribution in [0.4, 0.5) is 0 Å². The van der Waals surface area contributed by atoms with Gasteiger partial charge in [0.1, 0.15) is 0 Å². The van der Waals surface area contributed by atoms with Gasteiger partial charge < -0.3 is 4.74 Å². The molecule has 0 heterocycles. The van der Waals surface area contributed by atoms with Crippen molar-refractivity contribution in [3.8, 4) is 0 Å². The number of hydrogen-bond donors (Lipinski definition) is 0. The Morgan fingerprint density at radius 2 is 2.07 bits per heavy atom. The number of carbonyl (C=O) groups is 1. The number of aryl methyl sites for hydroxylation is 1. The van der Waals surface area contributed by atoms with E-state index in [0.29, 0.717) is 17.9 Å². The summed E-state index contributed by atoms with van der Waals surface area (Å²) in [6.45, 7) is 3.68. The normalized spacial score (nSPS) is 10.4. The Kier molecular flexibility index (Phi) is 4.63. The van der Waals surface area contributed by atoms with E-state index in [9.17, 15) is 4.79 Å². The zero-order valence-corrected chi connectivity index (χ0v) is 9.75. The number of halogens is 1. The summed E-state index contributed by atoms with van der Waals surface area (Å²) in [5.74, 6) is -0.176. The average molecular weight is 227 g/mol. The van der Waals surface area contributed by atoms with E-state index in [0.717, 1.165) is 5.56 Å². The van der Waals surface area contributed by atoms with Crippen molar-refractivity contribution in [3.05, 3.63) is 34.9 Å². The highest BCUT2D eigenvalue weighted by Crippen LogP contribution is 2.16. The van der Waals surface area contributed by atoms with Crippen molar-refractivity contribution in [2.75, 3.05) is 0 Å². The van der Waals surface area contributed by atoms with Crippen molar-refractivity contribution in [2.45, 2.75) is 32.8 Å². The summed E-state index contributed by atoms with van der Waals surface area (Å²) in [6.07, 6.45) is 0.955. The van der Waals surface area contributed by atoms with Crippen molar-refractivity contribution in [2.24, 2.45) is 0 Å². The highest BCUT2D eigenvalue weighted by molar-refractivity contribution is 6.31. The molecule has 0 aliphatic heterocycles. The van der Waals surface area contributed by atoms with E-state index in [-0.39, 0.29) is 12.1 Å². The van der Waals surface area contributed by atoms with Gasteiger partial charge in [0.2, 0.25) is 0 Å². The minimum Gasteiger partial charge on any atom is -0.463 e. The van der Waals surface area contributed by atoms with Crippen LogP contribution in [-0.4, -0.2) is 12.1 Å². The quantitative estimate of drug-likeness (QED) is 0.737. The number of carbonyl (C=O) groups excluding carboxylic acids is 1. The number of esters is 1. The van der Waals surface area contributed by atoms with Gasteiger partial charge in [0.25, 0.3) is 0 Å². The van der Waals surface area contributed by atoms with Gasteiger partial charge in [-0.2, -0.15) is 0 Å². The van der Waals surface area contributed by atoms with E-state index in [1.165, 1.54) is 0 Å². The van der Waals surface area contributed by atoms with Crippen LogP contribution in [0.3, 0.4) is 0 Å². The van der Waals surface area contributed by atoms with Crippen LogP contribution in [0.5, 0.6) is 0 Å². The molecule has 0 amide bonds. The summed E-state index contributed by atoms with van der Waals surface area (Å²) in [4.78, 5) is 11.3. The first-order valence-electron chi connectivity index (χ1n) is 5.02. The van der Waals surface area contributed by atoms with Crippen LogP contribution in [0.1, 0.15) is 25.8 Å². The first-order chi connectivity index (χ1) is 7.09. The molecule has 0 radical (unpaired) electrons. The Hall–Kier alpha value is -1.02. The second-order valence-corrected chi connectivity index (χ2v) is 4.04. The van der Waals surface area contributed by atoms with E-state index in [1.54, 1.807) is 0 Å². The van der Waals surface area contributed by atoms with Gasteiger partial charge in [-0.1, -0.05) is 29.8 Å². The predicted octanol–water partition coefficient (Wildman–Crippen LogP) is 3.22. The molecule has 2 nitrogen and oxygen atoms in total. The summed E-state index contributed by atoms with van der Waals surface area (Å²) in [5.41, 5.74) is 0.986. The molecule has 1 aromatic carbocycles. The highest BCUT2D eigenvalue weighted by Gasteiger charge is 2.07. The maximum Gasteiger partial charge on any atom is 0.306 e. The second kappa shape index (κ2) is 5.76. The van der Waals surface area contributed by atoms with Crippen molar-refractivity contribution < 1.29 is 9.53 Å². The Balaban J connectivity index is 2.44. The van der Waals surface area contributed by atoms with Crippen LogP contribution >= 0.6 is 11.6 Å². The van der Waals surface area contributed by atoms with Gasteiger partial charge in [-0.3, -0.25) is 4.79 Å². The van der Waals surface area contributed by atoms with Crippen molar-refractivity contribution in [3.63, 3.8) is 0 Å². The van der Waals surface area contributed by atoms with Crippen LogP contribution in [0.2, 0.25) is 5.02 Å². The molecule has 0 spiro atoms. The first kappa shape index (κ1) is 12.1. The Morgan fingerprint density at radius 1 is 1.40 bits per heavy atom. The molecule has 1 rings (SSSR count). The second-order valence-electron chi connectivity index (χ2n) is 3.63. The van der Waals surface area contributed by atoms with Crippen LogP contribution in [-0.2, 0) is 16.0 Å². The number of rotatable bonds is 4. The van der Waals surface area contributed by atoms with Crippen LogP contribution in [0, 0.1) is 0 Å². The molecule has 3 heteroatoms.